The van der Waals surface area contributed by atoms with Gasteiger partial charge in [0, 0.05) is 0 Å². The molecule has 0 aromatic rings. The van der Waals surface area contributed by atoms with Crippen LogP contribution in [-0.4, -0.2) is 19.2 Å². The minimum absolute atomic E-state index is 0.228. The number of carbonyl (C=O) groups is 1. The molecule has 64 valence electrons. The molecule has 0 bridgehead atoms. The second-order valence-electron chi connectivity index (χ2n) is 2.11. The summed E-state index contributed by atoms with van der Waals surface area (Å²) < 4.78 is 9.64. The SMILES string of the molecule is C=C(C)OCCC(=O)OCC. The van der Waals surface area contributed by atoms with Gasteiger partial charge in [-0.2, -0.15) is 0 Å². The molecule has 0 aromatic carbocycles. The van der Waals surface area contributed by atoms with Crippen LogP contribution in [0.15, 0.2) is 12.3 Å². The van der Waals surface area contributed by atoms with Crippen LogP contribution in [0, 0.1) is 0 Å². The summed E-state index contributed by atoms with van der Waals surface area (Å²) in [6.45, 7) is 7.82. The van der Waals surface area contributed by atoms with Crippen molar-refractivity contribution in [2.45, 2.75) is 20.3 Å². The maximum Gasteiger partial charge on any atom is 0.309 e. The zero-order valence-corrected chi connectivity index (χ0v) is 7.05. The maximum atomic E-state index is 10.7. The smallest absolute Gasteiger partial charge is 0.309 e. The second kappa shape index (κ2) is 5.77. The fourth-order valence-electron chi connectivity index (χ4n) is 0.542. The molecule has 0 unspecified atom stereocenters. The van der Waals surface area contributed by atoms with Gasteiger partial charge in [0.05, 0.1) is 25.4 Å². The van der Waals surface area contributed by atoms with Crippen molar-refractivity contribution in [1.29, 1.82) is 0 Å². The number of hydrogen-bond acceptors (Lipinski definition) is 3. The van der Waals surface area contributed by atoms with Gasteiger partial charge < -0.3 is 9.47 Å². The van der Waals surface area contributed by atoms with E-state index in [0.717, 1.165) is 0 Å². The molecule has 0 N–H and O–H groups in total. The Morgan fingerprint density at radius 3 is 2.55 bits per heavy atom. The van der Waals surface area contributed by atoms with Crippen molar-refractivity contribution in [2.75, 3.05) is 13.2 Å². The molecule has 0 saturated carbocycles. The van der Waals surface area contributed by atoms with Gasteiger partial charge in [0.15, 0.2) is 0 Å². The molecular weight excluding hydrogens is 144 g/mol. The third-order valence-electron chi connectivity index (χ3n) is 0.960. The van der Waals surface area contributed by atoms with E-state index < -0.39 is 0 Å². The number of hydrogen-bond donors (Lipinski definition) is 0. The molecule has 11 heavy (non-hydrogen) atoms. The lowest BCUT2D eigenvalue weighted by Gasteiger charge is -2.03. The van der Waals surface area contributed by atoms with Gasteiger partial charge in [0.2, 0.25) is 0 Å². The summed E-state index contributed by atoms with van der Waals surface area (Å²) in [5.74, 6) is 0.392. The summed E-state index contributed by atoms with van der Waals surface area (Å²) in [4.78, 5) is 10.7. The van der Waals surface area contributed by atoms with Crippen LogP contribution in [0.1, 0.15) is 20.3 Å². The topological polar surface area (TPSA) is 35.5 Å². The molecule has 0 radical (unpaired) electrons. The van der Waals surface area contributed by atoms with Crippen molar-refractivity contribution >= 4 is 5.97 Å². The first-order valence-corrected chi connectivity index (χ1v) is 3.60. The van der Waals surface area contributed by atoms with E-state index in [1.807, 2.05) is 0 Å². The van der Waals surface area contributed by atoms with Crippen molar-refractivity contribution in [1.82, 2.24) is 0 Å². The summed E-state index contributed by atoms with van der Waals surface area (Å²) in [6.07, 6.45) is 0.292. The second-order valence-corrected chi connectivity index (χ2v) is 2.11. The average Bonchev–Trinajstić information content (AvgIpc) is 1.87. The van der Waals surface area contributed by atoms with Crippen LogP contribution in [0.2, 0.25) is 0 Å². The lowest BCUT2D eigenvalue weighted by molar-refractivity contribution is -0.143. The molecule has 0 aliphatic heterocycles. The molecule has 0 spiro atoms. The highest BCUT2D eigenvalue weighted by atomic mass is 16.5. The summed E-state index contributed by atoms with van der Waals surface area (Å²) in [6, 6.07) is 0. The molecule has 0 aliphatic carbocycles. The number of carbonyl (C=O) groups excluding carboxylic acids is 1. The first kappa shape index (κ1) is 10.0. The van der Waals surface area contributed by atoms with Gasteiger partial charge in [-0.3, -0.25) is 4.79 Å². The third-order valence-corrected chi connectivity index (χ3v) is 0.960. The number of rotatable bonds is 5. The lowest BCUT2D eigenvalue weighted by atomic mass is 10.4. The van der Waals surface area contributed by atoms with E-state index in [-0.39, 0.29) is 5.97 Å². The highest BCUT2D eigenvalue weighted by molar-refractivity contribution is 5.69. The molecule has 0 aliphatic rings. The van der Waals surface area contributed by atoms with Crippen molar-refractivity contribution in [3.63, 3.8) is 0 Å². The average molecular weight is 158 g/mol. The Kier molecular flexibility index (Phi) is 5.25. The third kappa shape index (κ3) is 6.90. The molecule has 0 saturated heterocycles. The predicted molar refractivity (Wildman–Crippen MR) is 42.0 cm³/mol. The molecule has 3 nitrogen and oxygen atoms in total. The summed E-state index contributed by atoms with van der Waals surface area (Å²) >= 11 is 0. The van der Waals surface area contributed by atoms with Crippen LogP contribution in [-0.2, 0) is 14.3 Å². The van der Waals surface area contributed by atoms with E-state index in [1.54, 1.807) is 13.8 Å². The molecular formula is C8H14O3. The molecule has 3 heteroatoms. The van der Waals surface area contributed by atoms with E-state index in [2.05, 4.69) is 11.3 Å². The van der Waals surface area contributed by atoms with Gasteiger partial charge in [-0.15, -0.1) is 0 Å². The number of ether oxygens (including phenoxy) is 2. The van der Waals surface area contributed by atoms with Crippen LogP contribution >= 0.6 is 0 Å². The van der Waals surface area contributed by atoms with Crippen LogP contribution in [0.5, 0.6) is 0 Å². The summed E-state index contributed by atoms with van der Waals surface area (Å²) in [7, 11) is 0. The van der Waals surface area contributed by atoms with Gasteiger partial charge in [-0.1, -0.05) is 6.58 Å². The zero-order chi connectivity index (χ0) is 8.69. The Morgan fingerprint density at radius 2 is 2.09 bits per heavy atom. The summed E-state index contributed by atoms with van der Waals surface area (Å²) in [5, 5.41) is 0. The molecule has 0 rings (SSSR count). The van der Waals surface area contributed by atoms with E-state index in [9.17, 15) is 4.79 Å². The van der Waals surface area contributed by atoms with Crippen LogP contribution in [0.4, 0.5) is 0 Å². The Labute approximate surface area is 67.0 Å². The zero-order valence-electron chi connectivity index (χ0n) is 7.05. The number of allylic oxidation sites excluding steroid dienone is 1. The Hall–Kier alpha value is -0.990. The van der Waals surface area contributed by atoms with Crippen molar-refractivity contribution in [2.24, 2.45) is 0 Å². The standard InChI is InChI=1S/C8H14O3/c1-4-10-8(9)5-6-11-7(2)3/h2,4-6H2,1,3H3. The normalized spacial score (nSPS) is 8.91. The number of esters is 1. The van der Waals surface area contributed by atoms with Gasteiger partial charge in [-0.05, 0) is 13.8 Å². The minimum atomic E-state index is -0.228. The minimum Gasteiger partial charge on any atom is -0.498 e. The fourth-order valence-corrected chi connectivity index (χ4v) is 0.542. The highest BCUT2D eigenvalue weighted by Gasteiger charge is 2.00. The Balaban J connectivity index is 3.24. The molecule has 0 amide bonds. The van der Waals surface area contributed by atoms with E-state index in [0.29, 0.717) is 25.4 Å². The Bertz CT molecular complexity index is 140. The Morgan fingerprint density at radius 1 is 1.45 bits per heavy atom. The van der Waals surface area contributed by atoms with Crippen LogP contribution in [0.25, 0.3) is 0 Å². The highest BCUT2D eigenvalue weighted by Crippen LogP contribution is 1.93. The maximum absolute atomic E-state index is 10.7. The fraction of sp³-hybridized carbons (Fsp3) is 0.625. The summed E-state index contributed by atoms with van der Waals surface area (Å²) in [5.41, 5.74) is 0. The van der Waals surface area contributed by atoms with Crippen LogP contribution in [0.3, 0.4) is 0 Å². The molecule has 0 heterocycles. The van der Waals surface area contributed by atoms with Gasteiger partial charge in [0.1, 0.15) is 0 Å². The van der Waals surface area contributed by atoms with Crippen molar-refractivity contribution in [3.8, 4) is 0 Å². The van der Waals surface area contributed by atoms with Crippen LogP contribution < -0.4 is 0 Å². The molecule has 0 atom stereocenters. The van der Waals surface area contributed by atoms with Gasteiger partial charge in [0.25, 0.3) is 0 Å². The largest absolute Gasteiger partial charge is 0.498 e. The van der Waals surface area contributed by atoms with Gasteiger partial charge >= 0.3 is 5.97 Å². The first-order chi connectivity index (χ1) is 5.16. The molecule has 0 aromatic heterocycles. The lowest BCUT2D eigenvalue weighted by Crippen LogP contribution is -2.07. The monoisotopic (exact) mass is 158 g/mol. The van der Waals surface area contributed by atoms with Crippen molar-refractivity contribution < 1.29 is 14.3 Å². The van der Waals surface area contributed by atoms with E-state index in [1.165, 1.54) is 0 Å². The predicted octanol–water partition coefficient (Wildman–Crippen LogP) is 1.49. The van der Waals surface area contributed by atoms with Crippen molar-refractivity contribution in [3.05, 3.63) is 12.3 Å². The quantitative estimate of drug-likeness (QED) is 0.449. The van der Waals surface area contributed by atoms with E-state index >= 15 is 0 Å². The molecule has 0 fully saturated rings. The first-order valence-electron chi connectivity index (χ1n) is 3.60. The van der Waals surface area contributed by atoms with Gasteiger partial charge in [-0.25, -0.2) is 0 Å². The van der Waals surface area contributed by atoms with E-state index in [4.69, 9.17) is 4.74 Å².